The van der Waals surface area contributed by atoms with Crippen molar-refractivity contribution in [3.8, 4) is 6.07 Å². The van der Waals surface area contributed by atoms with Crippen LogP contribution in [0.4, 0.5) is 4.79 Å². The molecule has 1 fully saturated rings. The van der Waals surface area contributed by atoms with Crippen molar-refractivity contribution in [1.82, 2.24) is 14.5 Å². The quantitative estimate of drug-likeness (QED) is 0.829. The molecule has 0 spiro atoms. The molecule has 2 rings (SSSR count). The molecule has 0 aliphatic carbocycles. The van der Waals surface area contributed by atoms with Crippen molar-refractivity contribution in [1.29, 1.82) is 5.26 Å². The molecule has 1 amide bonds. The van der Waals surface area contributed by atoms with Crippen LogP contribution < -0.4 is 11.2 Å². The van der Waals surface area contributed by atoms with E-state index >= 15 is 0 Å². The zero-order chi connectivity index (χ0) is 17.2. The summed E-state index contributed by atoms with van der Waals surface area (Å²) in [5.41, 5.74) is -2.00. The van der Waals surface area contributed by atoms with Gasteiger partial charge >= 0.3 is 11.8 Å². The molecule has 1 saturated heterocycles. The maximum absolute atomic E-state index is 12.2. The predicted octanol–water partition coefficient (Wildman–Crippen LogP) is 0.980. The average Bonchev–Trinajstić information content (AvgIpc) is 2.46. The molecular formula is C15H20N4O4. The van der Waals surface area contributed by atoms with Crippen molar-refractivity contribution < 1.29 is 9.53 Å². The van der Waals surface area contributed by atoms with Crippen molar-refractivity contribution in [3.05, 3.63) is 32.6 Å². The van der Waals surface area contributed by atoms with E-state index in [0.717, 1.165) is 0 Å². The topological polar surface area (TPSA) is 108 Å². The highest BCUT2D eigenvalue weighted by Gasteiger charge is 2.29. The third-order valence-electron chi connectivity index (χ3n) is 3.53. The number of carbonyl (C=O) groups excluding carboxylic acids is 1. The number of H-pyrrole nitrogens is 1. The van der Waals surface area contributed by atoms with E-state index in [0.29, 0.717) is 25.9 Å². The van der Waals surface area contributed by atoms with Crippen molar-refractivity contribution in [2.75, 3.05) is 13.1 Å². The molecule has 8 nitrogen and oxygen atoms in total. The van der Waals surface area contributed by atoms with Crippen LogP contribution in [-0.4, -0.2) is 39.2 Å². The van der Waals surface area contributed by atoms with E-state index in [1.165, 1.54) is 10.8 Å². The second kappa shape index (κ2) is 6.28. The highest BCUT2D eigenvalue weighted by Crippen LogP contribution is 2.22. The zero-order valence-corrected chi connectivity index (χ0v) is 13.5. The molecule has 1 N–H and O–H groups in total. The van der Waals surface area contributed by atoms with Gasteiger partial charge in [0.15, 0.2) is 0 Å². The molecular weight excluding hydrogens is 300 g/mol. The Morgan fingerprint density at radius 1 is 1.43 bits per heavy atom. The second-order valence-electron chi connectivity index (χ2n) is 6.54. The van der Waals surface area contributed by atoms with Gasteiger partial charge in [-0.1, -0.05) is 0 Å². The number of aromatic amines is 1. The Morgan fingerprint density at radius 3 is 2.74 bits per heavy atom. The zero-order valence-electron chi connectivity index (χ0n) is 13.5. The molecule has 1 aromatic rings. The van der Waals surface area contributed by atoms with E-state index in [2.05, 4.69) is 4.98 Å². The van der Waals surface area contributed by atoms with Crippen LogP contribution >= 0.6 is 0 Å². The monoisotopic (exact) mass is 320 g/mol. The van der Waals surface area contributed by atoms with Gasteiger partial charge in [-0.25, -0.2) is 9.59 Å². The summed E-state index contributed by atoms with van der Waals surface area (Å²) < 4.78 is 6.66. The third-order valence-corrected chi connectivity index (χ3v) is 3.53. The van der Waals surface area contributed by atoms with Crippen LogP contribution in [0.1, 0.15) is 45.2 Å². The van der Waals surface area contributed by atoms with Crippen molar-refractivity contribution in [3.63, 3.8) is 0 Å². The number of hydrogen-bond donors (Lipinski definition) is 1. The highest BCUT2D eigenvalue weighted by molar-refractivity contribution is 5.68. The fraction of sp³-hybridized carbons (Fsp3) is 0.600. The number of hydrogen-bond acceptors (Lipinski definition) is 5. The number of likely N-dealkylation sites (tertiary alicyclic amines) is 1. The molecule has 124 valence electrons. The van der Waals surface area contributed by atoms with Gasteiger partial charge < -0.3 is 9.64 Å². The lowest BCUT2D eigenvalue weighted by Crippen LogP contribution is -2.46. The summed E-state index contributed by atoms with van der Waals surface area (Å²) in [5, 5.41) is 8.93. The minimum Gasteiger partial charge on any atom is -0.444 e. The summed E-state index contributed by atoms with van der Waals surface area (Å²) in [6.45, 7) is 6.22. The smallest absolute Gasteiger partial charge is 0.410 e. The number of rotatable bonds is 1. The first-order chi connectivity index (χ1) is 10.7. The molecule has 8 heteroatoms. The van der Waals surface area contributed by atoms with Crippen LogP contribution in [0, 0.1) is 11.3 Å². The fourth-order valence-electron chi connectivity index (χ4n) is 2.51. The molecule has 0 saturated carbocycles. The Balaban J connectivity index is 2.22. The SMILES string of the molecule is CC(C)(C)OC(=O)N1CCC[C@@H](n2cc(C#N)c(=O)[nH]c2=O)C1. The van der Waals surface area contributed by atoms with Crippen LogP contribution in [0.2, 0.25) is 0 Å². The molecule has 0 radical (unpaired) electrons. The highest BCUT2D eigenvalue weighted by atomic mass is 16.6. The number of nitrogens with one attached hydrogen (secondary N) is 1. The molecule has 1 aliphatic rings. The van der Waals surface area contributed by atoms with Gasteiger partial charge in [0, 0.05) is 19.3 Å². The van der Waals surface area contributed by atoms with E-state index in [1.54, 1.807) is 31.7 Å². The normalized spacial score (nSPS) is 18.3. The van der Waals surface area contributed by atoms with E-state index < -0.39 is 22.9 Å². The van der Waals surface area contributed by atoms with Gasteiger partial charge in [0.05, 0.1) is 6.04 Å². The maximum atomic E-state index is 12.2. The molecule has 23 heavy (non-hydrogen) atoms. The fourth-order valence-corrected chi connectivity index (χ4v) is 2.51. The maximum Gasteiger partial charge on any atom is 0.410 e. The first-order valence-electron chi connectivity index (χ1n) is 7.45. The van der Waals surface area contributed by atoms with Crippen molar-refractivity contribution >= 4 is 6.09 Å². The van der Waals surface area contributed by atoms with Gasteiger partial charge in [-0.15, -0.1) is 0 Å². The number of ether oxygens (including phenoxy) is 1. The summed E-state index contributed by atoms with van der Waals surface area (Å²) >= 11 is 0. The van der Waals surface area contributed by atoms with Crippen LogP contribution in [-0.2, 0) is 4.74 Å². The van der Waals surface area contributed by atoms with Gasteiger partial charge in [0.25, 0.3) is 5.56 Å². The third kappa shape index (κ3) is 4.00. The second-order valence-corrected chi connectivity index (χ2v) is 6.54. The Labute approximate surface area is 133 Å². The molecule has 0 bridgehead atoms. The molecule has 2 heterocycles. The summed E-state index contributed by atoms with van der Waals surface area (Å²) in [6.07, 6.45) is 2.21. The van der Waals surface area contributed by atoms with Gasteiger partial charge in [0.2, 0.25) is 0 Å². The number of nitriles is 1. The first kappa shape index (κ1) is 16.8. The largest absolute Gasteiger partial charge is 0.444 e. The molecule has 0 unspecified atom stereocenters. The molecule has 1 atom stereocenters. The Bertz CT molecular complexity index is 750. The van der Waals surface area contributed by atoms with E-state index in [4.69, 9.17) is 10.00 Å². The Hall–Kier alpha value is -2.56. The van der Waals surface area contributed by atoms with Crippen molar-refractivity contribution in [2.45, 2.75) is 45.3 Å². The molecule has 1 aliphatic heterocycles. The number of piperidine rings is 1. The predicted molar refractivity (Wildman–Crippen MR) is 82.1 cm³/mol. The van der Waals surface area contributed by atoms with Gasteiger partial charge in [-0.2, -0.15) is 5.26 Å². The number of nitrogens with zero attached hydrogens (tertiary/aromatic N) is 3. The molecule has 1 aromatic heterocycles. The number of amides is 1. The van der Waals surface area contributed by atoms with Gasteiger partial charge in [-0.05, 0) is 33.6 Å². The van der Waals surface area contributed by atoms with E-state index in [-0.39, 0.29) is 11.6 Å². The standard InChI is InChI=1S/C15H20N4O4/c1-15(2,3)23-14(22)18-6-4-5-11(9-18)19-8-10(7-16)12(20)17-13(19)21/h8,11H,4-6,9H2,1-3H3,(H,17,20,21)/t11-/m1/s1. The summed E-state index contributed by atoms with van der Waals surface area (Å²) in [4.78, 5) is 39.3. The number of carbonyl (C=O) groups is 1. The van der Waals surface area contributed by atoms with Crippen LogP contribution in [0.3, 0.4) is 0 Å². The van der Waals surface area contributed by atoms with Crippen LogP contribution in [0.25, 0.3) is 0 Å². The van der Waals surface area contributed by atoms with Gasteiger partial charge in [-0.3, -0.25) is 14.3 Å². The van der Waals surface area contributed by atoms with Crippen molar-refractivity contribution in [2.24, 2.45) is 0 Å². The minimum atomic E-state index is -0.700. The Morgan fingerprint density at radius 2 is 2.13 bits per heavy atom. The average molecular weight is 320 g/mol. The summed E-state index contributed by atoms with van der Waals surface area (Å²) in [7, 11) is 0. The lowest BCUT2D eigenvalue weighted by atomic mass is 10.1. The number of aromatic nitrogens is 2. The lowest BCUT2D eigenvalue weighted by molar-refractivity contribution is 0.0170. The minimum absolute atomic E-state index is 0.126. The van der Waals surface area contributed by atoms with Crippen LogP contribution in [0.5, 0.6) is 0 Å². The van der Waals surface area contributed by atoms with E-state index in [9.17, 15) is 14.4 Å². The van der Waals surface area contributed by atoms with E-state index in [1.807, 2.05) is 0 Å². The summed E-state index contributed by atoms with van der Waals surface area (Å²) in [5.74, 6) is 0. The Kier molecular flexibility index (Phi) is 4.59. The van der Waals surface area contributed by atoms with Crippen LogP contribution in [0.15, 0.2) is 15.8 Å². The van der Waals surface area contributed by atoms with Gasteiger partial charge in [0.1, 0.15) is 17.2 Å². The lowest BCUT2D eigenvalue weighted by Gasteiger charge is -2.34. The summed E-state index contributed by atoms with van der Waals surface area (Å²) in [6, 6.07) is 1.46. The molecule has 0 aromatic carbocycles. The first-order valence-corrected chi connectivity index (χ1v) is 7.45.